The molecule has 24 heteroatoms. The fourth-order valence-electron chi connectivity index (χ4n) is 7.36. The third kappa shape index (κ3) is 21.9. The summed E-state index contributed by atoms with van der Waals surface area (Å²) in [5.74, 6) is -2.22. The van der Waals surface area contributed by atoms with Crippen LogP contribution in [0.5, 0.6) is 0 Å². The van der Waals surface area contributed by atoms with Crippen LogP contribution in [0, 0.1) is 17.9 Å². The van der Waals surface area contributed by atoms with Gasteiger partial charge in [-0.15, -0.1) is 11.8 Å². The van der Waals surface area contributed by atoms with Gasteiger partial charge in [0.2, 0.25) is 11.4 Å². The smallest absolute Gasteiger partial charge is 0.322 e. The number of nitrogens with one attached hydrogen (secondary N) is 1. The average molecular weight is 1080 g/mol. The van der Waals surface area contributed by atoms with Crippen LogP contribution in [0.4, 0.5) is 0 Å². The number of pyridine rings is 1. The Kier molecular flexibility index (Phi) is 28.3. The number of thioether (sulfide) groups is 2. The lowest BCUT2D eigenvalue weighted by Crippen LogP contribution is -2.56. The lowest BCUT2D eigenvalue weighted by molar-refractivity contribution is -0.288. The van der Waals surface area contributed by atoms with Gasteiger partial charge in [0, 0.05) is 62.3 Å². The molecule has 10 atom stereocenters. The lowest BCUT2D eigenvalue weighted by atomic mass is 9.44. The molecule has 0 bridgehead atoms. The van der Waals surface area contributed by atoms with E-state index in [-0.39, 0.29) is 84.2 Å². The second-order valence-corrected chi connectivity index (χ2v) is 24.1. The van der Waals surface area contributed by atoms with E-state index in [1.165, 1.54) is 54.1 Å². The van der Waals surface area contributed by atoms with E-state index in [1.807, 2.05) is 32.0 Å². The summed E-state index contributed by atoms with van der Waals surface area (Å²) in [6, 6.07) is 5.57. The molecule has 391 valence electrons. The summed E-state index contributed by atoms with van der Waals surface area (Å²) in [5, 5.41) is 12.2. The molecule has 1 saturated heterocycles. The molecule has 0 aliphatic carbocycles. The van der Waals surface area contributed by atoms with E-state index in [2.05, 4.69) is 15.1 Å². The fraction of sp³-hybridized carbons (Fsp3) is 0.717. The molecule has 0 saturated carbocycles. The van der Waals surface area contributed by atoms with Crippen LogP contribution in [0.15, 0.2) is 29.4 Å². The van der Waals surface area contributed by atoms with Crippen LogP contribution >= 0.6 is 57.3 Å². The summed E-state index contributed by atoms with van der Waals surface area (Å²) in [5.41, 5.74) is -2.68. The number of aromatic nitrogens is 1. The highest BCUT2D eigenvalue weighted by atomic mass is 33.1. The van der Waals surface area contributed by atoms with Crippen LogP contribution in [-0.2, 0) is 66.7 Å². The van der Waals surface area contributed by atoms with Gasteiger partial charge < -0.3 is 53.2 Å². The SMILES string of the molecule is [C-]#[N+]C(C)(CCOC=O)CC(C)([B]CC(C)(CC(C)(SC(=S)SCC)C(=O)OCCSSc1ccccn1)C(=O)NCC(C)O)C(=O)OCCOCCO[C@@H]1O[C@H](C)[C@H](C)[C@H](OC(C)=O)[C@H]1OC(C)=O. The van der Waals surface area contributed by atoms with Crippen LogP contribution in [0.25, 0.3) is 4.85 Å². The molecule has 5 unspecified atom stereocenters. The molecule has 0 spiro atoms. The number of hydrogen-bond donors (Lipinski definition) is 2. The molecule has 2 rings (SSSR count). The van der Waals surface area contributed by atoms with Crippen molar-refractivity contribution < 1.29 is 71.8 Å². The van der Waals surface area contributed by atoms with Crippen molar-refractivity contribution in [3.63, 3.8) is 0 Å². The molecule has 0 aromatic carbocycles. The van der Waals surface area contributed by atoms with E-state index in [4.69, 9.17) is 56.7 Å². The third-order valence-electron chi connectivity index (χ3n) is 11.1. The Labute approximate surface area is 435 Å². The van der Waals surface area contributed by atoms with Gasteiger partial charge >= 0.3 is 23.9 Å². The molecule has 1 fully saturated rings. The first-order chi connectivity index (χ1) is 33.0. The van der Waals surface area contributed by atoms with Crippen molar-refractivity contribution in [3.05, 3.63) is 35.8 Å². The number of esters is 4. The van der Waals surface area contributed by atoms with Crippen molar-refractivity contribution in [3.8, 4) is 0 Å². The van der Waals surface area contributed by atoms with Crippen molar-refractivity contribution in [1.82, 2.24) is 10.3 Å². The molecule has 70 heavy (non-hydrogen) atoms. The predicted molar refractivity (Wildman–Crippen MR) is 275 cm³/mol. The van der Waals surface area contributed by atoms with Gasteiger partial charge in [-0.2, -0.15) is 0 Å². The number of ether oxygens (including phenoxy) is 8. The highest BCUT2D eigenvalue weighted by Crippen LogP contribution is 2.47. The standard InChI is InChI=1S/C46H69BN3O15S5/c1-12-67-42(66)69-46(10,41(57)62-23-24-68-70-35-15-13-14-17-49-35)26-43(7,39(55)50-25-30(2)52)28-47-45(9,27-44(8,48-11)16-18-59-29-51)40(56)61-22-20-58-19-21-60-38-37(65-34(6)54)36(64-33(5)53)31(3)32(4)63-38/h13-15,17,29-32,36-38,52H,12,16,18-28H2,1-10H3,(H,50,55)/t30?,31-,32+,36-,37+,38+,43?,44?,45?,46?/m0/s1. The molecular formula is C46H69BN3O15S5. The Balaban J connectivity index is 2.33. The van der Waals surface area contributed by atoms with Gasteiger partial charge in [-0.3, -0.25) is 28.8 Å². The van der Waals surface area contributed by atoms with Gasteiger partial charge in [-0.1, -0.05) is 74.9 Å². The Hall–Kier alpha value is -3.15. The monoisotopic (exact) mass is 1070 g/mol. The van der Waals surface area contributed by atoms with E-state index in [9.17, 15) is 33.9 Å². The van der Waals surface area contributed by atoms with Crippen LogP contribution in [0.1, 0.15) is 88.5 Å². The number of carbonyl (C=O) groups is 6. The van der Waals surface area contributed by atoms with Crippen LogP contribution in [0.2, 0.25) is 11.6 Å². The van der Waals surface area contributed by atoms with Crippen molar-refractivity contribution in [2.75, 3.05) is 57.7 Å². The number of aliphatic hydroxyl groups is 1. The molecule has 1 aromatic heterocycles. The number of hydrogen-bond acceptors (Lipinski definition) is 21. The Morgan fingerprint density at radius 1 is 0.986 bits per heavy atom. The highest BCUT2D eigenvalue weighted by molar-refractivity contribution is 8.76. The summed E-state index contributed by atoms with van der Waals surface area (Å²) < 4.78 is 44.1. The summed E-state index contributed by atoms with van der Waals surface area (Å²) in [4.78, 5) is 85.8. The van der Waals surface area contributed by atoms with Crippen molar-refractivity contribution in [1.29, 1.82) is 0 Å². The molecule has 2 heterocycles. The Bertz CT molecular complexity index is 1910. The van der Waals surface area contributed by atoms with E-state index < -0.39 is 81.5 Å². The first-order valence-corrected chi connectivity index (χ1v) is 27.3. The molecule has 1 radical (unpaired) electrons. The summed E-state index contributed by atoms with van der Waals surface area (Å²) in [7, 11) is 4.53. The summed E-state index contributed by atoms with van der Waals surface area (Å²) in [6.45, 7) is 24.0. The Morgan fingerprint density at radius 3 is 2.27 bits per heavy atom. The van der Waals surface area contributed by atoms with Gasteiger partial charge in [0.05, 0.1) is 45.1 Å². The second-order valence-electron chi connectivity index (χ2n) is 17.7. The van der Waals surface area contributed by atoms with Crippen molar-refractivity contribution in [2.45, 2.75) is 146 Å². The van der Waals surface area contributed by atoms with Crippen LogP contribution < -0.4 is 5.32 Å². The maximum Gasteiger partial charge on any atom is 0.322 e. The zero-order chi connectivity index (χ0) is 52.5. The number of thiocarbonyl (C=S) groups is 1. The molecule has 1 aliphatic heterocycles. The second kappa shape index (κ2) is 31.4. The molecule has 2 N–H and O–H groups in total. The molecule has 18 nitrogen and oxygen atoms in total. The normalized spacial score (nSPS) is 21.6. The Morgan fingerprint density at radius 2 is 1.66 bits per heavy atom. The van der Waals surface area contributed by atoms with Crippen LogP contribution in [0.3, 0.4) is 0 Å². The molecule has 1 amide bonds. The minimum Gasteiger partial charge on any atom is -0.468 e. The third-order valence-corrected chi connectivity index (χ3v) is 16.0. The quantitative estimate of drug-likeness (QED) is 0.0114. The number of nitrogens with zero attached hydrogens (tertiary/aromatic N) is 2. The van der Waals surface area contributed by atoms with Gasteiger partial charge in [0.1, 0.15) is 39.9 Å². The zero-order valence-corrected chi connectivity index (χ0v) is 45.8. The topological polar surface area (TPSA) is 226 Å². The number of carbonyl (C=O) groups excluding carboxylic acids is 6. The van der Waals surface area contributed by atoms with Gasteiger partial charge in [0.15, 0.2) is 12.4 Å². The largest absolute Gasteiger partial charge is 0.468 e. The number of rotatable bonds is 32. The molecule has 1 aromatic rings. The maximum atomic E-state index is 14.3. The maximum absolute atomic E-state index is 14.3. The fourth-order valence-corrected chi connectivity index (χ4v) is 12.2. The first kappa shape index (κ1) is 63.0. The zero-order valence-electron chi connectivity index (χ0n) is 41.7. The predicted octanol–water partition coefficient (Wildman–Crippen LogP) is 6.54. The summed E-state index contributed by atoms with van der Waals surface area (Å²) >= 11 is 8.17. The first-order valence-electron chi connectivity index (χ1n) is 22.8. The van der Waals surface area contributed by atoms with E-state index in [0.29, 0.717) is 15.0 Å². The number of aliphatic hydroxyl groups excluding tert-OH is 1. The van der Waals surface area contributed by atoms with E-state index in [0.717, 1.165) is 16.8 Å². The van der Waals surface area contributed by atoms with Gasteiger partial charge in [-0.25, -0.2) is 11.6 Å². The van der Waals surface area contributed by atoms with E-state index in [1.54, 1.807) is 48.1 Å². The number of amides is 1. The van der Waals surface area contributed by atoms with E-state index >= 15 is 0 Å². The van der Waals surface area contributed by atoms with Gasteiger partial charge in [-0.05, 0) is 55.9 Å². The minimum atomic E-state index is -1.54. The van der Waals surface area contributed by atoms with Gasteiger partial charge in [0.25, 0.3) is 6.47 Å². The van der Waals surface area contributed by atoms with Crippen molar-refractivity contribution >= 4 is 104 Å². The van der Waals surface area contributed by atoms with Crippen LogP contribution in [-0.4, -0.2) is 156 Å². The molecule has 1 aliphatic rings. The minimum absolute atomic E-state index is 0.00456. The molecular weight excluding hydrogens is 1010 g/mol. The lowest BCUT2D eigenvalue weighted by Gasteiger charge is -2.43. The highest BCUT2D eigenvalue weighted by Gasteiger charge is 2.51. The van der Waals surface area contributed by atoms with Crippen molar-refractivity contribution in [2.24, 2.45) is 11.3 Å². The average Bonchev–Trinajstić information content (AvgIpc) is 3.29. The summed E-state index contributed by atoms with van der Waals surface area (Å²) in [6.07, 6.45) is -2.78.